The highest BCUT2D eigenvalue weighted by Gasteiger charge is 2.71. The number of ether oxygens (including phenoxy) is 4. The molecule has 15 nitrogen and oxygen atoms in total. The van der Waals surface area contributed by atoms with Crippen molar-refractivity contribution < 1.29 is 64.3 Å². The summed E-state index contributed by atoms with van der Waals surface area (Å²) in [5, 5.41) is 77.9. The summed E-state index contributed by atoms with van der Waals surface area (Å²) >= 11 is 3.88. The molecule has 0 bridgehead atoms. The predicted molar refractivity (Wildman–Crippen MR) is 119 cm³/mol. The van der Waals surface area contributed by atoms with Crippen LogP contribution in [0.1, 0.15) is 13.3 Å². The van der Waals surface area contributed by atoms with Crippen LogP contribution in [-0.2, 0) is 28.5 Å². The van der Waals surface area contributed by atoms with E-state index >= 15 is 0 Å². The molecule has 3 heterocycles. The highest BCUT2D eigenvalue weighted by molar-refractivity contribution is 7.96. The van der Waals surface area contributed by atoms with E-state index in [0.717, 1.165) is 6.92 Å². The van der Waals surface area contributed by atoms with Gasteiger partial charge in [-0.1, -0.05) is 0 Å². The van der Waals surface area contributed by atoms with Crippen LogP contribution in [0.2, 0.25) is 0 Å². The molecule has 12 atom stereocenters. The average Bonchev–Trinajstić information content (AvgIpc) is 2.83. The number of aliphatic hydroxyl groups is 7. The molecule has 3 aliphatic heterocycles. The molecule has 3 aliphatic rings. The number of aliphatic hydroxyl groups excluding tert-OH is 6. The summed E-state index contributed by atoms with van der Waals surface area (Å²) in [6, 6.07) is -2.41. The number of carbonyl (C=O) groups is 2. The Morgan fingerprint density at radius 2 is 1.94 bits per heavy atom. The van der Waals surface area contributed by atoms with E-state index < -0.39 is 110 Å². The lowest BCUT2D eigenvalue weighted by molar-refractivity contribution is -0.403. The maximum Gasteiger partial charge on any atom is 0.223 e. The van der Waals surface area contributed by atoms with E-state index in [-0.39, 0.29) is 0 Å². The summed E-state index contributed by atoms with van der Waals surface area (Å²) in [6.45, 7) is -0.928. The molecule has 0 radical (unpaired) electrons. The largest absolute Gasteiger partial charge is 0.394 e. The molecule has 16 heteroatoms. The summed E-state index contributed by atoms with van der Waals surface area (Å²) < 4.78 is 22.3. The van der Waals surface area contributed by atoms with Crippen molar-refractivity contribution in [3.63, 3.8) is 0 Å². The van der Waals surface area contributed by atoms with Gasteiger partial charge in [0.1, 0.15) is 31.1 Å². The van der Waals surface area contributed by atoms with E-state index in [1.54, 1.807) is 0 Å². The van der Waals surface area contributed by atoms with Crippen LogP contribution in [-0.4, -0.2) is 140 Å². The van der Waals surface area contributed by atoms with Gasteiger partial charge in [0.15, 0.2) is 11.9 Å². The Kier molecular flexibility index (Phi) is 9.36. The Morgan fingerprint density at radius 3 is 2.47 bits per heavy atom. The van der Waals surface area contributed by atoms with Gasteiger partial charge in [0.25, 0.3) is 0 Å². The topological polar surface area (TPSA) is 237 Å². The zero-order valence-electron chi connectivity index (χ0n) is 19.6. The summed E-state index contributed by atoms with van der Waals surface area (Å²) in [5.74, 6) is -4.89. The molecule has 4 unspecified atom stereocenters. The molecular weight excluding hydrogens is 508 g/mol. The van der Waals surface area contributed by atoms with Gasteiger partial charge in [-0.3, -0.25) is 14.9 Å². The summed E-state index contributed by atoms with van der Waals surface area (Å²) in [7, 11) is 1.28. The van der Waals surface area contributed by atoms with Crippen molar-refractivity contribution in [1.29, 1.82) is 0 Å². The van der Waals surface area contributed by atoms with Crippen LogP contribution in [0, 0.1) is 5.92 Å². The number of carbonyl (C=O) groups excluding carboxylic acids is 2. The Labute approximate surface area is 211 Å². The summed E-state index contributed by atoms with van der Waals surface area (Å²) in [4.78, 5) is 24.9. The molecule has 3 rings (SSSR count). The molecule has 208 valence electrons. The molecule has 3 fully saturated rings. The minimum atomic E-state index is -2.76. The SMILES string of the molecule is COC1O[C@H](CO)[C@H](O)C2C1NCOC2(O)[C@]1(C(=O)S)C[C@H](O)[C@@H](NC(C)=O)[C@H]([C@H](O)[C@H](O)CO)O1. The van der Waals surface area contributed by atoms with Gasteiger partial charge in [0.2, 0.25) is 16.8 Å². The zero-order valence-corrected chi connectivity index (χ0v) is 20.5. The number of hydrogen-bond donors (Lipinski definition) is 10. The maximum absolute atomic E-state index is 13.1. The van der Waals surface area contributed by atoms with Crippen molar-refractivity contribution >= 4 is 23.7 Å². The first kappa shape index (κ1) is 29.6. The van der Waals surface area contributed by atoms with Crippen molar-refractivity contribution in [2.45, 2.75) is 79.7 Å². The second kappa shape index (κ2) is 11.4. The molecule has 1 amide bonds. The van der Waals surface area contributed by atoms with E-state index in [1.165, 1.54) is 7.11 Å². The molecule has 0 aromatic carbocycles. The number of methoxy groups -OCH3 is 1. The summed E-state index contributed by atoms with van der Waals surface area (Å²) in [5.41, 5.74) is -2.59. The van der Waals surface area contributed by atoms with Crippen molar-refractivity contribution in [2.75, 3.05) is 27.1 Å². The zero-order chi connectivity index (χ0) is 27.0. The first-order valence-corrected chi connectivity index (χ1v) is 11.7. The fourth-order valence-electron chi connectivity index (χ4n) is 5.27. The van der Waals surface area contributed by atoms with Crippen LogP contribution in [0.5, 0.6) is 0 Å². The van der Waals surface area contributed by atoms with Crippen molar-refractivity contribution in [2.24, 2.45) is 5.92 Å². The van der Waals surface area contributed by atoms with Gasteiger partial charge in [0, 0.05) is 20.5 Å². The van der Waals surface area contributed by atoms with Crippen LogP contribution in [0.4, 0.5) is 0 Å². The molecular formula is C20H34N2O13S. The quantitative estimate of drug-likeness (QED) is 0.129. The third-order valence-corrected chi connectivity index (χ3v) is 7.39. The average molecular weight is 543 g/mol. The third kappa shape index (κ3) is 4.91. The van der Waals surface area contributed by atoms with Gasteiger partial charge < -0.3 is 60.0 Å². The van der Waals surface area contributed by atoms with Crippen LogP contribution >= 0.6 is 12.6 Å². The highest BCUT2D eigenvalue weighted by Crippen LogP contribution is 2.50. The first-order valence-electron chi connectivity index (χ1n) is 11.3. The molecule has 0 aromatic heterocycles. The molecule has 0 spiro atoms. The van der Waals surface area contributed by atoms with Crippen LogP contribution in [0.25, 0.3) is 0 Å². The van der Waals surface area contributed by atoms with Crippen LogP contribution in [0.3, 0.4) is 0 Å². The van der Waals surface area contributed by atoms with E-state index in [2.05, 4.69) is 23.3 Å². The van der Waals surface area contributed by atoms with Gasteiger partial charge in [-0.05, 0) is 0 Å². The molecule has 0 aliphatic carbocycles. The van der Waals surface area contributed by atoms with Crippen molar-refractivity contribution in [1.82, 2.24) is 10.6 Å². The smallest absolute Gasteiger partial charge is 0.223 e. The number of fused-ring (bicyclic) bond motifs is 1. The normalized spacial score (nSPS) is 44.8. The van der Waals surface area contributed by atoms with Gasteiger partial charge in [-0.25, -0.2) is 0 Å². The van der Waals surface area contributed by atoms with Gasteiger partial charge >= 0.3 is 0 Å². The first-order chi connectivity index (χ1) is 16.9. The standard InChI is InChI=1S/C20H34N2O13S/c1-7(25)22-12-8(26)3-19(18(30)36,35-16(12)14(28)9(27)4-23)20(31)11-13(21-6-33-20)17(32-2)34-10(5-24)15(11)29/h8-17,21,23-24,26-29,31H,3-6H2,1-2H3,(H,22,25)(H,30,36)/t8-,9+,10+,11?,12+,13?,14+,15-,16+,17?,19+,20?/m0/s1. The Balaban J connectivity index is 2.13. The number of nitrogens with one attached hydrogen (secondary N) is 2. The monoisotopic (exact) mass is 542 g/mol. The number of rotatable bonds is 8. The highest BCUT2D eigenvalue weighted by atomic mass is 32.1. The Hall–Kier alpha value is -0.990. The van der Waals surface area contributed by atoms with Crippen LogP contribution in [0.15, 0.2) is 0 Å². The van der Waals surface area contributed by atoms with Crippen molar-refractivity contribution in [3.8, 4) is 0 Å². The molecule has 0 aromatic rings. The molecule has 36 heavy (non-hydrogen) atoms. The van der Waals surface area contributed by atoms with E-state index in [9.17, 15) is 45.3 Å². The second-order valence-electron chi connectivity index (χ2n) is 9.15. The Morgan fingerprint density at radius 1 is 1.28 bits per heavy atom. The number of thiol groups is 1. The maximum atomic E-state index is 13.1. The fraction of sp³-hybridized carbons (Fsp3) is 0.900. The van der Waals surface area contributed by atoms with E-state index in [0.29, 0.717) is 0 Å². The minimum absolute atomic E-state index is 0.415. The van der Waals surface area contributed by atoms with E-state index in [4.69, 9.17) is 18.9 Å². The predicted octanol–water partition coefficient (Wildman–Crippen LogP) is -5.47. The molecule has 9 N–H and O–H groups in total. The lowest BCUT2D eigenvalue weighted by atomic mass is 9.69. The lowest BCUT2D eigenvalue weighted by Gasteiger charge is -2.60. The number of amides is 1. The van der Waals surface area contributed by atoms with Crippen molar-refractivity contribution in [3.05, 3.63) is 0 Å². The van der Waals surface area contributed by atoms with Gasteiger partial charge in [-0.2, -0.15) is 0 Å². The lowest BCUT2D eigenvalue weighted by Crippen LogP contribution is -2.81. The minimum Gasteiger partial charge on any atom is -0.394 e. The molecule has 0 saturated carbocycles. The third-order valence-electron chi connectivity index (χ3n) is 7.03. The molecule has 3 saturated heterocycles. The fourth-order valence-corrected chi connectivity index (χ4v) is 5.57. The van der Waals surface area contributed by atoms with Crippen LogP contribution < -0.4 is 10.6 Å². The second-order valence-corrected chi connectivity index (χ2v) is 9.55. The van der Waals surface area contributed by atoms with E-state index in [1.807, 2.05) is 0 Å². The Bertz CT molecular complexity index is 810. The van der Waals surface area contributed by atoms with Gasteiger partial charge in [-0.15, -0.1) is 12.6 Å². The summed E-state index contributed by atoms with van der Waals surface area (Å²) in [6.07, 6.45) is -12.0. The van der Waals surface area contributed by atoms with Gasteiger partial charge in [0.05, 0.1) is 43.4 Å². The number of hydrogen-bond acceptors (Lipinski definition) is 14.